The van der Waals surface area contributed by atoms with Gasteiger partial charge in [-0.05, 0) is 54.8 Å². The first-order valence-corrected chi connectivity index (χ1v) is 16.0. The van der Waals surface area contributed by atoms with Crippen LogP contribution in [0.3, 0.4) is 0 Å². The average Bonchev–Trinajstić information content (AvgIpc) is 3.02. The lowest BCUT2D eigenvalue weighted by molar-refractivity contribution is 0.0373. The number of aliphatic hydroxyl groups is 1. The van der Waals surface area contributed by atoms with Crippen molar-refractivity contribution in [3.8, 4) is 5.75 Å². The van der Waals surface area contributed by atoms with Gasteiger partial charge in [0.2, 0.25) is 0 Å². The van der Waals surface area contributed by atoms with Crippen LogP contribution in [0.25, 0.3) is 10.8 Å². The molecule has 0 radical (unpaired) electrons. The minimum atomic E-state index is -4.19. The van der Waals surface area contributed by atoms with Crippen LogP contribution in [0.2, 0.25) is 0 Å². The Labute approximate surface area is 261 Å². The van der Waals surface area contributed by atoms with Crippen molar-refractivity contribution >= 4 is 44.1 Å². The molecule has 1 heterocycles. The number of likely N-dealkylation sites (N-methyl/N-ethyl adjacent to an activating group) is 1. The van der Waals surface area contributed by atoms with E-state index in [-0.39, 0.29) is 53.5 Å². The Morgan fingerprint density at radius 3 is 2.44 bits per heavy atom. The second kappa shape index (κ2) is 13.1. The molecule has 0 bridgehead atoms. The summed E-state index contributed by atoms with van der Waals surface area (Å²) in [4.78, 5) is 29.9. The van der Waals surface area contributed by atoms with Crippen LogP contribution in [0.4, 0.5) is 20.6 Å². The summed E-state index contributed by atoms with van der Waals surface area (Å²) in [7, 11) is -2.57. The molecule has 10 nitrogen and oxygen atoms in total. The van der Waals surface area contributed by atoms with E-state index in [0.717, 1.165) is 35.0 Å². The quantitative estimate of drug-likeness (QED) is 0.246. The Balaban J connectivity index is 1.47. The predicted molar refractivity (Wildman–Crippen MR) is 170 cm³/mol. The average molecular weight is 635 g/mol. The molecular weight excluding hydrogens is 599 g/mol. The zero-order valence-electron chi connectivity index (χ0n) is 25.1. The van der Waals surface area contributed by atoms with Gasteiger partial charge in [0.05, 0.1) is 41.0 Å². The Kier molecular flexibility index (Phi) is 9.26. The number of anilines is 2. The highest BCUT2D eigenvalue weighted by Crippen LogP contribution is 2.36. The van der Waals surface area contributed by atoms with E-state index in [1.807, 2.05) is 49.4 Å². The summed E-state index contributed by atoms with van der Waals surface area (Å²) in [6, 6.07) is 21.3. The van der Waals surface area contributed by atoms with E-state index in [2.05, 4.69) is 10.0 Å². The summed E-state index contributed by atoms with van der Waals surface area (Å²) in [5, 5.41) is 14.8. The number of aliphatic hydroxyl groups excluding tert-OH is 1. The number of nitrogens with one attached hydrogen (secondary N) is 2. The van der Waals surface area contributed by atoms with Crippen molar-refractivity contribution in [1.82, 2.24) is 9.80 Å². The van der Waals surface area contributed by atoms with Gasteiger partial charge in [-0.3, -0.25) is 9.52 Å². The number of halogens is 1. The Morgan fingerprint density at radius 2 is 1.71 bits per heavy atom. The molecule has 45 heavy (non-hydrogen) atoms. The van der Waals surface area contributed by atoms with Gasteiger partial charge in [0.1, 0.15) is 11.9 Å². The highest BCUT2D eigenvalue weighted by molar-refractivity contribution is 7.92. The molecule has 4 aromatic carbocycles. The van der Waals surface area contributed by atoms with Crippen LogP contribution in [0, 0.1) is 11.7 Å². The van der Waals surface area contributed by atoms with Crippen molar-refractivity contribution in [1.29, 1.82) is 0 Å². The molecule has 12 heteroatoms. The lowest BCUT2D eigenvalue weighted by Gasteiger charge is -2.38. The normalized spacial score (nSPS) is 17.4. The topological polar surface area (TPSA) is 128 Å². The van der Waals surface area contributed by atoms with Gasteiger partial charge in [-0.15, -0.1) is 0 Å². The van der Waals surface area contributed by atoms with Gasteiger partial charge in [-0.1, -0.05) is 49.4 Å². The third kappa shape index (κ3) is 6.86. The van der Waals surface area contributed by atoms with E-state index in [4.69, 9.17) is 4.74 Å². The molecule has 0 aliphatic carbocycles. The maximum atomic E-state index is 13.7. The zero-order valence-corrected chi connectivity index (χ0v) is 25.9. The van der Waals surface area contributed by atoms with Crippen LogP contribution >= 0.6 is 0 Å². The van der Waals surface area contributed by atoms with Crippen molar-refractivity contribution < 1.29 is 32.2 Å². The lowest BCUT2D eigenvalue weighted by atomic mass is 9.99. The third-order valence-corrected chi connectivity index (χ3v) is 9.27. The number of hydrogen-bond acceptors (Lipinski definition) is 6. The van der Waals surface area contributed by atoms with E-state index in [1.165, 1.54) is 28.0 Å². The fourth-order valence-corrected chi connectivity index (χ4v) is 6.32. The van der Waals surface area contributed by atoms with Crippen LogP contribution in [0.1, 0.15) is 24.2 Å². The SMILES string of the molecule is C[C@H](CO)N1C[C@H](C)[C@H](CN(C)C(=O)Nc2cccc3ccccc23)Oc2c(NS(=O)(=O)c3ccc(F)cc3)cccc2C1=O. The molecule has 3 amide bonds. The van der Waals surface area contributed by atoms with E-state index in [9.17, 15) is 27.5 Å². The molecular formula is C33H35FN4O6S. The monoisotopic (exact) mass is 634 g/mol. The molecule has 3 atom stereocenters. The molecule has 0 unspecified atom stereocenters. The van der Waals surface area contributed by atoms with Gasteiger partial charge < -0.3 is 25.0 Å². The molecule has 1 aliphatic heterocycles. The van der Waals surface area contributed by atoms with Crippen LogP contribution in [0.15, 0.2) is 89.8 Å². The number of rotatable bonds is 8. The highest BCUT2D eigenvalue weighted by atomic mass is 32.2. The number of carbonyl (C=O) groups excluding carboxylic acids is 2. The van der Waals surface area contributed by atoms with Gasteiger partial charge in [-0.25, -0.2) is 17.6 Å². The molecule has 0 saturated heterocycles. The van der Waals surface area contributed by atoms with Gasteiger partial charge >= 0.3 is 6.03 Å². The van der Waals surface area contributed by atoms with Gasteiger partial charge in [0.25, 0.3) is 15.9 Å². The fraction of sp³-hybridized carbons (Fsp3) is 0.273. The van der Waals surface area contributed by atoms with Gasteiger partial charge in [0.15, 0.2) is 5.75 Å². The summed E-state index contributed by atoms with van der Waals surface area (Å²) in [5.74, 6) is -1.38. The van der Waals surface area contributed by atoms with Crippen LogP contribution < -0.4 is 14.8 Å². The van der Waals surface area contributed by atoms with Crippen molar-refractivity contribution in [2.24, 2.45) is 5.92 Å². The molecule has 0 fully saturated rings. The maximum Gasteiger partial charge on any atom is 0.321 e. The lowest BCUT2D eigenvalue weighted by Crippen LogP contribution is -2.50. The molecule has 0 spiro atoms. The van der Waals surface area contributed by atoms with Gasteiger partial charge in [-0.2, -0.15) is 0 Å². The number of hydrogen-bond donors (Lipinski definition) is 3. The number of amides is 3. The smallest absolute Gasteiger partial charge is 0.321 e. The number of ether oxygens (including phenoxy) is 1. The van der Waals surface area contributed by atoms with E-state index in [0.29, 0.717) is 5.69 Å². The molecule has 236 valence electrons. The summed E-state index contributed by atoms with van der Waals surface area (Å²) < 4.78 is 48.9. The standard InChI is InChI=1S/C33H35FN4O6S/c1-21-18-38(22(2)20-39)32(40)27-11-7-13-29(36-45(42,43)25-16-14-24(34)15-17-25)31(27)44-30(21)19-37(3)33(41)35-28-12-6-9-23-8-4-5-10-26(23)28/h4-17,21-22,30,36,39H,18-20H2,1-3H3,(H,35,41)/t21-,22+,30-/m0/s1. The van der Waals surface area contributed by atoms with E-state index >= 15 is 0 Å². The number of carbonyl (C=O) groups is 2. The molecule has 5 rings (SSSR count). The van der Waals surface area contributed by atoms with E-state index in [1.54, 1.807) is 14.0 Å². The minimum Gasteiger partial charge on any atom is -0.485 e. The molecule has 0 aromatic heterocycles. The van der Waals surface area contributed by atoms with Crippen molar-refractivity contribution in [2.75, 3.05) is 36.8 Å². The Hall–Kier alpha value is -4.68. The summed E-state index contributed by atoms with van der Waals surface area (Å²) >= 11 is 0. The summed E-state index contributed by atoms with van der Waals surface area (Å²) in [6.45, 7) is 3.60. The fourth-order valence-electron chi connectivity index (χ4n) is 5.26. The molecule has 4 aromatic rings. The number of urea groups is 1. The second-order valence-electron chi connectivity index (χ2n) is 11.2. The maximum absolute atomic E-state index is 13.7. The second-order valence-corrected chi connectivity index (χ2v) is 12.9. The first-order valence-electron chi connectivity index (χ1n) is 14.5. The first-order chi connectivity index (χ1) is 21.5. The van der Waals surface area contributed by atoms with Crippen LogP contribution in [0.5, 0.6) is 5.75 Å². The van der Waals surface area contributed by atoms with Crippen LogP contribution in [-0.4, -0.2) is 74.2 Å². The van der Waals surface area contributed by atoms with Crippen molar-refractivity contribution in [3.05, 3.63) is 96.3 Å². The minimum absolute atomic E-state index is 0.00346. The number of benzene rings is 4. The van der Waals surface area contributed by atoms with E-state index < -0.39 is 33.9 Å². The number of nitrogens with zero attached hydrogens (tertiary/aromatic N) is 2. The Morgan fingerprint density at radius 1 is 1.04 bits per heavy atom. The van der Waals surface area contributed by atoms with Crippen molar-refractivity contribution in [3.63, 3.8) is 0 Å². The first kappa shape index (κ1) is 31.7. The Bertz CT molecular complexity index is 1810. The number of fused-ring (bicyclic) bond motifs is 2. The number of para-hydroxylation sites is 1. The number of sulfonamides is 1. The zero-order chi connectivity index (χ0) is 32.3. The highest BCUT2D eigenvalue weighted by Gasteiger charge is 2.35. The van der Waals surface area contributed by atoms with Gasteiger partial charge in [0, 0.05) is 24.9 Å². The summed E-state index contributed by atoms with van der Waals surface area (Å²) in [5.41, 5.74) is 0.742. The molecule has 1 aliphatic rings. The molecule has 3 N–H and O–H groups in total. The largest absolute Gasteiger partial charge is 0.485 e. The summed E-state index contributed by atoms with van der Waals surface area (Å²) in [6.07, 6.45) is -0.690. The molecule has 0 saturated carbocycles. The van der Waals surface area contributed by atoms with Crippen molar-refractivity contribution in [2.45, 2.75) is 30.9 Å². The van der Waals surface area contributed by atoms with Crippen LogP contribution in [-0.2, 0) is 10.0 Å². The predicted octanol–water partition coefficient (Wildman–Crippen LogP) is 5.16. The third-order valence-electron chi connectivity index (χ3n) is 7.89.